The first kappa shape index (κ1) is 11.5. The van der Waals surface area contributed by atoms with Crippen molar-refractivity contribution in [3.8, 4) is 5.88 Å². The van der Waals surface area contributed by atoms with E-state index in [4.69, 9.17) is 9.26 Å². The fraction of sp³-hybridized carbons (Fsp3) is 0.364. The van der Waals surface area contributed by atoms with Gasteiger partial charge >= 0.3 is 0 Å². The summed E-state index contributed by atoms with van der Waals surface area (Å²) in [5, 5.41) is 13.0. The number of aromatic nitrogens is 3. The maximum absolute atomic E-state index is 9.25. The van der Waals surface area contributed by atoms with Gasteiger partial charge in [0, 0.05) is 18.7 Å². The summed E-state index contributed by atoms with van der Waals surface area (Å²) in [4.78, 5) is 8.14. The fourth-order valence-electron chi connectivity index (χ4n) is 1.33. The molecule has 0 saturated heterocycles. The van der Waals surface area contributed by atoms with E-state index in [0.717, 1.165) is 5.56 Å². The SMILES string of the molecule is COc1ccc(Cc2noc(C(C)O)n2)cn1. The second-order valence-corrected chi connectivity index (χ2v) is 3.61. The fourth-order valence-corrected chi connectivity index (χ4v) is 1.33. The minimum atomic E-state index is -0.745. The number of hydrogen-bond acceptors (Lipinski definition) is 6. The summed E-state index contributed by atoms with van der Waals surface area (Å²) < 4.78 is 9.85. The second kappa shape index (κ2) is 4.92. The first-order valence-corrected chi connectivity index (χ1v) is 5.18. The molecule has 0 radical (unpaired) electrons. The maximum Gasteiger partial charge on any atom is 0.255 e. The third-order valence-electron chi connectivity index (χ3n) is 2.21. The first-order chi connectivity index (χ1) is 8.19. The minimum absolute atomic E-state index is 0.224. The molecule has 0 bridgehead atoms. The number of pyridine rings is 1. The molecule has 90 valence electrons. The van der Waals surface area contributed by atoms with Crippen molar-refractivity contribution in [1.82, 2.24) is 15.1 Å². The Morgan fingerprint density at radius 2 is 2.29 bits per heavy atom. The standard InChI is InChI=1S/C11H13N3O3/c1-7(15)11-13-9(14-17-11)5-8-3-4-10(16-2)12-6-8/h3-4,6-7,15H,5H2,1-2H3. The quantitative estimate of drug-likeness (QED) is 0.855. The van der Waals surface area contributed by atoms with Crippen molar-refractivity contribution in [2.45, 2.75) is 19.4 Å². The van der Waals surface area contributed by atoms with Crippen molar-refractivity contribution in [2.24, 2.45) is 0 Å². The number of aliphatic hydroxyl groups excluding tert-OH is 1. The molecule has 17 heavy (non-hydrogen) atoms. The lowest BCUT2D eigenvalue weighted by atomic mass is 10.2. The summed E-state index contributed by atoms with van der Waals surface area (Å²) in [5.41, 5.74) is 0.948. The summed E-state index contributed by atoms with van der Waals surface area (Å²) in [6.07, 6.45) is 1.45. The Bertz CT molecular complexity index is 479. The molecule has 0 aliphatic heterocycles. The van der Waals surface area contributed by atoms with Crippen LogP contribution >= 0.6 is 0 Å². The van der Waals surface area contributed by atoms with Crippen molar-refractivity contribution >= 4 is 0 Å². The molecule has 0 spiro atoms. The number of methoxy groups -OCH3 is 1. The number of nitrogens with zero attached hydrogens (tertiary/aromatic N) is 3. The molecule has 2 aromatic rings. The zero-order valence-corrected chi connectivity index (χ0v) is 9.62. The highest BCUT2D eigenvalue weighted by Crippen LogP contribution is 2.12. The summed E-state index contributed by atoms with van der Waals surface area (Å²) in [6.45, 7) is 1.58. The minimum Gasteiger partial charge on any atom is -0.481 e. The van der Waals surface area contributed by atoms with Crippen LogP contribution in [-0.2, 0) is 6.42 Å². The Labute approximate surface area is 98.3 Å². The van der Waals surface area contributed by atoms with E-state index in [-0.39, 0.29) is 5.89 Å². The smallest absolute Gasteiger partial charge is 0.255 e. The lowest BCUT2D eigenvalue weighted by molar-refractivity contribution is 0.151. The van der Waals surface area contributed by atoms with Crippen LogP contribution in [0.4, 0.5) is 0 Å². The van der Waals surface area contributed by atoms with Crippen LogP contribution in [0.2, 0.25) is 0 Å². The van der Waals surface area contributed by atoms with E-state index in [2.05, 4.69) is 15.1 Å². The predicted octanol–water partition coefficient (Wildman–Crippen LogP) is 1.12. The van der Waals surface area contributed by atoms with E-state index in [0.29, 0.717) is 18.1 Å². The Morgan fingerprint density at radius 3 is 2.82 bits per heavy atom. The Balaban J connectivity index is 2.08. The van der Waals surface area contributed by atoms with Gasteiger partial charge in [-0.15, -0.1) is 0 Å². The van der Waals surface area contributed by atoms with E-state index in [1.165, 1.54) is 0 Å². The van der Waals surface area contributed by atoms with Gasteiger partial charge in [0.25, 0.3) is 5.89 Å². The molecular weight excluding hydrogens is 222 g/mol. The van der Waals surface area contributed by atoms with Crippen LogP contribution in [0.15, 0.2) is 22.9 Å². The molecule has 2 heterocycles. The molecule has 6 heteroatoms. The molecule has 1 N–H and O–H groups in total. The second-order valence-electron chi connectivity index (χ2n) is 3.61. The molecular formula is C11H13N3O3. The molecule has 0 saturated carbocycles. The average Bonchev–Trinajstić information content (AvgIpc) is 2.79. The van der Waals surface area contributed by atoms with Crippen LogP contribution in [0, 0.1) is 0 Å². The van der Waals surface area contributed by atoms with Gasteiger partial charge in [-0.2, -0.15) is 4.98 Å². The van der Waals surface area contributed by atoms with Gasteiger partial charge in [0.15, 0.2) is 5.82 Å². The number of hydrogen-bond donors (Lipinski definition) is 1. The predicted molar refractivity (Wildman–Crippen MR) is 58.5 cm³/mol. The highest BCUT2D eigenvalue weighted by atomic mass is 16.5. The zero-order chi connectivity index (χ0) is 12.3. The molecule has 0 amide bonds. The first-order valence-electron chi connectivity index (χ1n) is 5.18. The van der Waals surface area contributed by atoms with Gasteiger partial charge in [-0.05, 0) is 12.5 Å². The van der Waals surface area contributed by atoms with Crippen LogP contribution in [0.1, 0.15) is 30.3 Å². The molecule has 0 aliphatic carbocycles. The molecule has 6 nitrogen and oxygen atoms in total. The molecule has 1 unspecified atom stereocenters. The molecule has 0 aliphatic rings. The van der Waals surface area contributed by atoms with Crippen LogP contribution in [0.3, 0.4) is 0 Å². The number of ether oxygens (including phenoxy) is 1. The summed E-state index contributed by atoms with van der Waals surface area (Å²) in [7, 11) is 1.57. The van der Waals surface area contributed by atoms with E-state index in [1.54, 1.807) is 26.3 Å². The summed E-state index contributed by atoms with van der Waals surface area (Å²) >= 11 is 0. The van der Waals surface area contributed by atoms with Gasteiger partial charge in [-0.1, -0.05) is 11.2 Å². The zero-order valence-electron chi connectivity index (χ0n) is 9.62. The average molecular weight is 235 g/mol. The molecule has 0 aromatic carbocycles. The third kappa shape index (κ3) is 2.79. The van der Waals surface area contributed by atoms with Crippen molar-refractivity contribution in [1.29, 1.82) is 0 Å². The van der Waals surface area contributed by atoms with Crippen molar-refractivity contribution in [3.05, 3.63) is 35.6 Å². The lowest BCUT2D eigenvalue weighted by Crippen LogP contribution is -1.95. The van der Waals surface area contributed by atoms with E-state index in [9.17, 15) is 5.11 Å². The van der Waals surface area contributed by atoms with Crippen LogP contribution in [0.5, 0.6) is 5.88 Å². The van der Waals surface area contributed by atoms with Crippen LogP contribution in [0.25, 0.3) is 0 Å². The van der Waals surface area contributed by atoms with Crippen LogP contribution < -0.4 is 4.74 Å². The van der Waals surface area contributed by atoms with Crippen molar-refractivity contribution < 1.29 is 14.4 Å². The van der Waals surface area contributed by atoms with Gasteiger partial charge < -0.3 is 14.4 Å². The molecule has 2 aromatic heterocycles. The van der Waals surface area contributed by atoms with Gasteiger partial charge in [-0.3, -0.25) is 0 Å². The van der Waals surface area contributed by atoms with Crippen molar-refractivity contribution in [2.75, 3.05) is 7.11 Å². The van der Waals surface area contributed by atoms with E-state index < -0.39 is 6.10 Å². The van der Waals surface area contributed by atoms with E-state index >= 15 is 0 Å². The number of aliphatic hydroxyl groups is 1. The Kier molecular flexibility index (Phi) is 3.34. The number of rotatable bonds is 4. The lowest BCUT2D eigenvalue weighted by Gasteiger charge is -1.99. The molecule has 1 atom stereocenters. The topological polar surface area (TPSA) is 81.3 Å². The molecule has 2 rings (SSSR count). The van der Waals surface area contributed by atoms with Gasteiger partial charge in [-0.25, -0.2) is 4.98 Å². The summed E-state index contributed by atoms with van der Waals surface area (Å²) in [5.74, 6) is 1.31. The Morgan fingerprint density at radius 1 is 1.47 bits per heavy atom. The Hall–Kier alpha value is -1.95. The summed E-state index contributed by atoms with van der Waals surface area (Å²) in [6, 6.07) is 3.65. The highest BCUT2D eigenvalue weighted by Gasteiger charge is 2.11. The van der Waals surface area contributed by atoms with Gasteiger partial charge in [0.05, 0.1) is 7.11 Å². The van der Waals surface area contributed by atoms with Gasteiger partial charge in [0.2, 0.25) is 5.88 Å². The van der Waals surface area contributed by atoms with Gasteiger partial charge in [0.1, 0.15) is 6.10 Å². The van der Waals surface area contributed by atoms with E-state index in [1.807, 2.05) is 6.07 Å². The van der Waals surface area contributed by atoms with Crippen LogP contribution in [-0.4, -0.2) is 27.3 Å². The highest BCUT2D eigenvalue weighted by molar-refractivity contribution is 5.20. The maximum atomic E-state index is 9.25. The molecule has 0 fully saturated rings. The third-order valence-corrected chi connectivity index (χ3v) is 2.21. The van der Waals surface area contributed by atoms with Crippen molar-refractivity contribution in [3.63, 3.8) is 0 Å². The monoisotopic (exact) mass is 235 g/mol. The normalized spacial score (nSPS) is 12.4. The largest absolute Gasteiger partial charge is 0.481 e.